The molecular formula is C32H31ClN2O5. The van der Waals surface area contributed by atoms with E-state index in [2.05, 4.69) is 4.98 Å². The van der Waals surface area contributed by atoms with E-state index in [9.17, 15) is 4.79 Å². The molecule has 1 aliphatic rings. The first-order valence-corrected chi connectivity index (χ1v) is 13.5. The van der Waals surface area contributed by atoms with Gasteiger partial charge in [0.15, 0.2) is 11.5 Å². The summed E-state index contributed by atoms with van der Waals surface area (Å²) < 4.78 is 22.9. The molecule has 0 radical (unpaired) electrons. The zero-order chi connectivity index (χ0) is 27.9. The van der Waals surface area contributed by atoms with Gasteiger partial charge in [0.05, 0.1) is 36.2 Å². The van der Waals surface area contributed by atoms with E-state index in [0.717, 1.165) is 53.3 Å². The van der Waals surface area contributed by atoms with Crippen LogP contribution in [0.2, 0.25) is 5.02 Å². The zero-order valence-electron chi connectivity index (χ0n) is 22.6. The molecule has 0 saturated carbocycles. The molecule has 0 atom stereocenters. The molecule has 1 aromatic heterocycles. The van der Waals surface area contributed by atoms with Gasteiger partial charge in [-0.25, -0.2) is 0 Å². The lowest BCUT2D eigenvalue weighted by molar-refractivity contribution is 0.0986. The number of hydrogen-bond acceptors (Lipinski definition) is 6. The Morgan fingerprint density at radius 2 is 1.50 bits per heavy atom. The van der Waals surface area contributed by atoms with Gasteiger partial charge in [0.25, 0.3) is 5.91 Å². The number of pyridine rings is 1. The molecule has 1 amide bonds. The molecule has 1 aliphatic heterocycles. The first-order chi connectivity index (χ1) is 19.6. The first-order valence-electron chi connectivity index (χ1n) is 13.2. The summed E-state index contributed by atoms with van der Waals surface area (Å²) in [6.45, 7) is 1.11. The third-order valence-electron chi connectivity index (χ3n) is 6.83. The molecule has 2 heterocycles. The number of rotatable bonds is 9. The van der Waals surface area contributed by atoms with Gasteiger partial charge in [0.2, 0.25) is 0 Å². The molecule has 0 spiro atoms. The van der Waals surface area contributed by atoms with Crippen molar-refractivity contribution in [2.45, 2.75) is 32.5 Å². The number of aromatic nitrogens is 1. The van der Waals surface area contributed by atoms with Crippen molar-refractivity contribution in [3.8, 4) is 23.0 Å². The second-order valence-corrected chi connectivity index (χ2v) is 9.79. The number of benzene rings is 3. The third-order valence-corrected chi connectivity index (χ3v) is 7.21. The van der Waals surface area contributed by atoms with Crippen LogP contribution in [-0.4, -0.2) is 31.7 Å². The first kappa shape index (κ1) is 27.3. The van der Waals surface area contributed by atoms with Gasteiger partial charge in [-0.15, -0.1) is 0 Å². The number of amides is 1. The van der Waals surface area contributed by atoms with Gasteiger partial charge in [0.1, 0.15) is 24.7 Å². The number of aryl methyl sites for hydroxylation is 1. The van der Waals surface area contributed by atoms with Crippen LogP contribution in [-0.2, 0) is 19.6 Å². The van der Waals surface area contributed by atoms with E-state index in [1.54, 1.807) is 37.4 Å². The van der Waals surface area contributed by atoms with Crippen molar-refractivity contribution >= 4 is 23.2 Å². The fraction of sp³-hybridized carbons (Fsp3) is 0.250. The predicted octanol–water partition coefficient (Wildman–Crippen LogP) is 6.89. The largest absolute Gasteiger partial charge is 0.497 e. The van der Waals surface area contributed by atoms with Gasteiger partial charge in [0, 0.05) is 12.7 Å². The van der Waals surface area contributed by atoms with Crippen molar-refractivity contribution in [2.75, 3.05) is 25.7 Å². The normalized spacial score (nSPS) is 12.7. The fourth-order valence-electron chi connectivity index (χ4n) is 4.62. The Kier molecular flexibility index (Phi) is 8.71. The van der Waals surface area contributed by atoms with Crippen LogP contribution in [0.1, 0.15) is 40.0 Å². The van der Waals surface area contributed by atoms with Gasteiger partial charge in [-0.3, -0.25) is 9.78 Å². The minimum Gasteiger partial charge on any atom is -0.497 e. The number of carbonyl (C=O) groups is 1. The molecule has 40 heavy (non-hydrogen) atoms. The molecule has 206 valence electrons. The van der Waals surface area contributed by atoms with Crippen LogP contribution in [0.4, 0.5) is 5.69 Å². The summed E-state index contributed by atoms with van der Waals surface area (Å²) in [7, 11) is 3.25. The average molecular weight is 559 g/mol. The summed E-state index contributed by atoms with van der Waals surface area (Å²) in [5, 5.41) is 0.209. The highest BCUT2D eigenvalue weighted by Crippen LogP contribution is 2.40. The van der Waals surface area contributed by atoms with E-state index in [-0.39, 0.29) is 24.1 Å². The standard InChI is InChI=1S/C32H31ClN2O5/c1-37-24-12-8-22(9-13-24)20-39-29-17-16-26(30(33)31(29)40-21-23-10-14-25(38-2)15-11-23)32(36)35-19-4-3-6-27-28(35)7-5-18-34-27/h5,7-18H,3-4,6,19-21H2,1-2H3. The van der Waals surface area contributed by atoms with E-state index in [1.165, 1.54) is 0 Å². The van der Waals surface area contributed by atoms with Gasteiger partial charge in [-0.05, 0) is 78.9 Å². The maximum absolute atomic E-state index is 13.9. The van der Waals surface area contributed by atoms with Gasteiger partial charge >= 0.3 is 0 Å². The second-order valence-electron chi connectivity index (χ2n) is 9.41. The van der Waals surface area contributed by atoms with E-state index in [4.69, 9.17) is 30.5 Å². The number of anilines is 1. The SMILES string of the molecule is COc1ccc(COc2ccc(C(=O)N3CCCCc4ncccc43)c(Cl)c2OCc2ccc(OC)cc2)cc1. The van der Waals surface area contributed by atoms with Gasteiger partial charge in [-0.1, -0.05) is 35.9 Å². The van der Waals surface area contributed by atoms with Crippen molar-refractivity contribution < 1.29 is 23.7 Å². The molecule has 8 heteroatoms. The van der Waals surface area contributed by atoms with Crippen LogP contribution >= 0.6 is 11.6 Å². The molecule has 3 aromatic carbocycles. The van der Waals surface area contributed by atoms with Crippen molar-refractivity contribution in [3.05, 3.63) is 106 Å². The number of methoxy groups -OCH3 is 2. The van der Waals surface area contributed by atoms with Crippen LogP contribution in [0.15, 0.2) is 79.0 Å². The lowest BCUT2D eigenvalue weighted by atomic mass is 10.1. The van der Waals surface area contributed by atoms with Crippen LogP contribution in [0.25, 0.3) is 0 Å². The van der Waals surface area contributed by atoms with Crippen molar-refractivity contribution in [2.24, 2.45) is 0 Å². The highest BCUT2D eigenvalue weighted by Gasteiger charge is 2.27. The minimum atomic E-state index is -0.197. The molecule has 0 saturated heterocycles. The molecule has 4 aromatic rings. The van der Waals surface area contributed by atoms with E-state index in [0.29, 0.717) is 23.6 Å². The zero-order valence-corrected chi connectivity index (χ0v) is 23.3. The van der Waals surface area contributed by atoms with Crippen molar-refractivity contribution in [1.82, 2.24) is 4.98 Å². The summed E-state index contributed by atoms with van der Waals surface area (Å²) in [6, 6.07) is 22.4. The second kappa shape index (κ2) is 12.7. The molecule has 0 N–H and O–H groups in total. The summed E-state index contributed by atoms with van der Waals surface area (Å²) in [6.07, 6.45) is 4.45. The Bertz CT molecular complexity index is 1460. The molecule has 0 fully saturated rings. The maximum Gasteiger partial charge on any atom is 0.259 e. The highest BCUT2D eigenvalue weighted by molar-refractivity contribution is 6.36. The quantitative estimate of drug-likeness (QED) is 0.223. The molecule has 7 nitrogen and oxygen atoms in total. The maximum atomic E-state index is 13.9. The third kappa shape index (κ3) is 6.15. The number of fused-ring (bicyclic) bond motifs is 1. The van der Waals surface area contributed by atoms with Gasteiger partial charge in [-0.2, -0.15) is 0 Å². The van der Waals surface area contributed by atoms with Gasteiger partial charge < -0.3 is 23.8 Å². The molecule has 5 rings (SSSR count). The number of halogens is 1. The summed E-state index contributed by atoms with van der Waals surface area (Å²) in [5.41, 5.74) is 3.95. The lowest BCUT2D eigenvalue weighted by Gasteiger charge is -2.24. The number of nitrogens with zero attached hydrogens (tertiary/aromatic N) is 2. The fourth-order valence-corrected chi connectivity index (χ4v) is 4.91. The number of carbonyl (C=O) groups excluding carboxylic acids is 1. The Morgan fingerprint density at radius 3 is 2.15 bits per heavy atom. The Morgan fingerprint density at radius 1 is 0.850 bits per heavy atom. The van der Waals surface area contributed by atoms with Crippen molar-refractivity contribution in [3.63, 3.8) is 0 Å². The highest BCUT2D eigenvalue weighted by atomic mass is 35.5. The van der Waals surface area contributed by atoms with E-state index >= 15 is 0 Å². The molecule has 0 unspecified atom stereocenters. The van der Waals surface area contributed by atoms with Crippen LogP contribution in [0.3, 0.4) is 0 Å². The average Bonchev–Trinajstić information content (AvgIpc) is 3.22. The van der Waals surface area contributed by atoms with Crippen molar-refractivity contribution in [1.29, 1.82) is 0 Å². The van der Waals surface area contributed by atoms with Crippen LogP contribution < -0.4 is 23.8 Å². The molecule has 0 bridgehead atoms. The Labute approximate surface area is 239 Å². The number of ether oxygens (including phenoxy) is 4. The topological polar surface area (TPSA) is 70.1 Å². The van der Waals surface area contributed by atoms with E-state index in [1.807, 2.05) is 60.7 Å². The van der Waals surface area contributed by atoms with E-state index < -0.39 is 0 Å². The molecular weight excluding hydrogens is 528 g/mol. The minimum absolute atomic E-state index is 0.197. The Hall–Kier alpha value is -4.23. The Balaban J connectivity index is 1.44. The lowest BCUT2D eigenvalue weighted by Crippen LogP contribution is -2.32. The summed E-state index contributed by atoms with van der Waals surface area (Å²) >= 11 is 6.93. The smallest absolute Gasteiger partial charge is 0.259 e. The van der Waals surface area contributed by atoms with Crippen LogP contribution in [0.5, 0.6) is 23.0 Å². The summed E-state index contributed by atoms with van der Waals surface area (Å²) in [4.78, 5) is 20.2. The van der Waals surface area contributed by atoms with Crippen LogP contribution in [0, 0.1) is 0 Å². The predicted molar refractivity (Wildman–Crippen MR) is 155 cm³/mol. The molecule has 0 aliphatic carbocycles. The monoisotopic (exact) mass is 558 g/mol. The number of hydrogen-bond donors (Lipinski definition) is 0. The summed E-state index contributed by atoms with van der Waals surface area (Å²) in [5.74, 6) is 2.09.